The Morgan fingerprint density at radius 2 is 1.86 bits per heavy atom. The van der Waals surface area contributed by atoms with E-state index in [0.29, 0.717) is 0 Å². The van der Waals surface area contributed by atoms with Crippen molar-refractivity contribution in [2.75, 3.05) is 20.6 Å². The number of rotatable bonds is 5. The minimum atomic E-state index is 1.02. The van der Waals surface area contributed by atoms with E-state index in [1.807, 2.05) is 18.3 Å². The van der Waals surface area contributed by atoms with Gasteiger partial charge in [0.15, 0.2) is 0 Å². The Bertz CT molecular complexity index is 714. The molecular weight excluding hydrogens is 258 g/mol. The molecule has 3 nitrogen and oxygen atoms in total. The van der Waals surface area contributed by atoms with Gasteiger partial charge in [0.1, 0.15) is 0 Å². The molecular formula is C18H21N3. The van der Waals surface area contributed by atoms with Crippen molar-refractivity contribution in [3.8, 4) is 11.4 Å². The molecule has 3 rings (SSSR count). The first-order valence-electron chi connectivity index (χ1n) is 7.41. The van der Waals surface area contributed by atoms with Crippen LogP contribution in [0.15, 0.2) is 48.7 Å². The summed E-state index contributed by atoms with van der Waals surface area (Å²) in [4.78, 5) is 10.3. The maximum atomic E-state index is 4.51. The van der Waals surface area contributed by atoms with Crippen molar-refractivity contribution >= 4 is 10.9 Å². The Kier molecular flexibility index (Phi) is 4.02. The molecule has 0 bridgehead atoms. The number of nitrogens with one attached hydrogen (secondary N) is 1. The predicted molar refractivity (Wildman–Crippen MR) is 88.4 cm³/mol. The van der Waals surface area contributed by atoms with E-state index in [1.54, 1.807) is 0 Å². The van der Waals surface area contributed by atoms with Crippen LogP contribution in [0.3, 0.4) is 0 Å². The fraction of sp³-hybridized carbons (Fsp3) is 0.278. The van der Waals surface area contributed by atoms with E-state index in [2.05, 4.69) is 59.3 Å². The van der Waals surface area contributed by atoms with Crippen LogP contribution in [0.4, 0.5) is 0 Å². The highest BCUT2D eigenvalue weighted by atomic mass is 15.0. The second-order valence-electron chi connectivity index (χ2n) is 5.65. The third-order valence-corrected chi connectivity index (χ3v) is 3.77. The first-order valence-corrected chi connectivity index (χ1v) is 7.41. The Balaban J connectivity index is 2.02. The molecule has 0 radical (unpaired) electrons. The summed E-state index contributed by atoms with van der Waals surface area (Å²) in [6, 6.07) is 14.6. The van der Waals surface area contributed by atoms with Crippen molar-refractivity contribution in [2.45, 2.75) is 12.8 Å². The molecule has 0 saturated carbocycles. The van der Waals surface area contributed by atoms with Gasteiger partial charge in [0.2, 0.25) is 0 Å². The average molecular weight is 279 g/mol. The maximum absolute atomic E-state index is 4.51. The zero-order valence-corrected chi connectivity index (χ0v) is 12.6. The summed E-state index contributed by atoms with van der Waals surface area (Å²) in [6.07, 6.45) is 4.06. The first kappa shape index (κ1) is 13.8. The SMILES string of the molecule is CN(C)CCCc1c(-c2ccccn2)[nH]c2ccccc12. The van der Waals surface area contributed by atoms with E-state index in [1.165, 1.54) is 16.5 Å². The van der Waals surface area contributed by atoms with Gasteiger partial charge in [-0.1, -0.05) is 24.3 Å². The fourth-order valence-corrected chi connectivity index (χ4v) is 2.76. The van der Waals surface area contributed by atoms with Crippen molar-refractivity contribution in [2.24, 2.45) is 0 Å². The van der Waals surface area contributed by atoms with Crippen LogP contribution in [0.2, 0.25) is 0 Å². The van der Waals surface area contributed by atoms with Gasteiger partial charge >= 0.3 is 0 Å². The van der Waals surface area contributed by atoms with E-state index >= 15 is 0 Å². The molecule has 0 spiro atoms. The molecule has 0 saturated heterocycles. The lowest BCUT2D eigenvalue weighted by Crippen LogP contribution is -2.13. The molecule has 0 aliphatic heterocycles. The number of hydrogen-bond acceptors (Lipinski definition) is 2. The van der Waals surface area contributed by atoms with Crippen LogP contribution in [0.25, 0.3) is 22.3 Å². The van der Waals surface area contributed by atoms with Crippen molar-refractivity contribution in [3.63, 3.8) is 0 Å². The summed E-state index contributed by atoms with van der Waals surface area (Å²) < 4.78 is 0. The lowest BCUT2D eigenvalue weighted by molar-refractivity contribution is 0.400. The second-order valence-corrected chi connectivity index (χ2v) is 5.65. The molecule has 21 heavy (non-hydrogen) atoms. The number of H-pyrrole nitrogens is 1. The molecule has 108 valence electrons. The molecule has 3 aromatic rings. The second kappa shape index (κ2) is 6.10. The Morgan fingerprint density at radius 3 is 2.62 bits per heavy atom. The summed E-state index contributed by atoms with van der Waals surface area (Å²) in [5, 5.41) is 1.32. The van der Waals surface area contributed by atoms with Gasteiger partial charge in [-0.05, 0) is 57.2 Å². The van der Waals surface area contributed by atoms with Crippen LogP contribution < -0.4 is 0 Å². The molecule has 2 aromatic heterocycles. The highest BCUT2D eigenvalue weighted by Gasteiger charge is 2.13. The summed E-state index contributed by atoms with van der Waals surface area (Å²) in [5.74, 6) is 0. The average Bonchev–Trinajstić information content (AvgIpc) is 2.87. The van der Waals surface area contributed by atoms with E-state index in [9.17, 15) is 0 Å². The normalized spacial score (nSPS) is 11.4. The number of hydrogen-bond donors (Lipinski definition) is 1. The summed E-state index contributed by atoms with van der Waals surface area (Å²) in [7, 11) is 4.24. The third-order valence-electron chi connectivity index (χ3n) is 3.77. The number of aryl methyl sites for hydroxylation is 1. The Labute approximate surface area is 125 Å². The molecule has 0 aliphatic carbocycles. The Hall–Kier alpha value is -2.13. The van der Waals surface area contributed by atoms with Gasteiger partial charge in [0.05, 0.1) is 11.4 Å². The van der Waals surface area contributed by atoms with E-state index in [-0.39, 0.29) is 0 Å². The Morgan fingerprint density at radius 1 is 1.05 bits per heavy atom. The number of para-hydroxylation sites is 1. The van der Waals surface area contributed by atoms with Crippen LogP contribution in [0, 0.1) is 0 Å². The third kappa shape index (κ3) is 2.98. The number of benzene rings is 1. The summed E-state index contributed by atoms with van der Waals surface area (Å²) in [5.41, 5.74) is 4.76. The minimum absolute atomic E-state index is 1.02. The molecule has 0 atom stereocenters. The van der Waals surface area contributed by atoms with Crippen LogP contribution in [0.1, 0.15) is 12.0 Å². The van der Waals surface area contributed by atoms with Crippen LogP contribution in [-0.2, 0) is 6.42 Å². The molecule has 0 unspecified atom stereocenters. The highest BCUT2D eigenvalue weighted by Crippen LogP contribution is 2.30. The van der Waals surface area contributed by atoms with E-state index in [0.717, 1.165) is 30.8 Å². The first-order chi connectivity index (χ1) is 10.3. The van der Waals surface area contributed by atoms with Crippen molar-refractivity contribution in [1.82, 2.24) is 14.9 Å². The van der Waals surface area contributed by atoms with Crippen molar-refractivity contribution < 1.29 is 0 Å². The van der Waals surface area contributed by atoms with Gasteiger partial charge < -0.3 is 9.88 Å². The van der Waals surface area contributed by atoms with Crippen LogP contribution in [0.5, 0.6) is 0 Å². The van der Waals surface area contributed by atoms with Crippen molar-refractivity contribution in [3.05, 3.63) is 54.2 Å². The van der Waals surface area contributed by atoms with Gasteiger partial charge in [0, 0.05) is 17.1 Å². The fourth-order valence-electron chi connectivity index (χ4n) is 2.76. The molecule has 0 amide bonds. The zero-order valence-electron chi connectivity index (χ0n) is 12.6. The topological polar surface area (TPSA) is 31.9 Å². The number of pyridine rings is 1. The van der Waals surface area contributed by atoms with Gasteiger partial charge in [0.25, 0.3) is 0 Å². The maximum Gasteiger partial charge on any atom is 0.0867 e. The number of aromatic nitrogens is 2. The lowest BCUT2D eigenvalue weighted by Gasteiger charge is -2.09. The molecule has 0 fully saturated rings. The predicted octanol–water partition coefficient (Wildman–Crippen LogP) is 3.72. The quantitative estimate of drug-likeness (QED) is 0.772. The van der Waals surface area contributed by atoms with Crippen LogP contribution >= 0.6 is 0 Å². The standard InChI is InChI=1S/C18H21N3/c1-21(2)13-7-9-15-14-8-3-4-10-16(14)20-18(15)17-11-5-6-12-19-17/h3-6,8,10-12,20H,7,9,13H2,1-2H3. The van der Waals surface area contributed by atoms with Crippen molar-refractivity contribution in [1.29, 1.82) is 0 Å². The number of nitrogens with zero attached hydrogens (tertiary/aromatic N) is 2. The molecule has 1 aromatic carbocycles. The van der Waals surface area contributed by atoms with Crippen LogP contribution in [-0.4, -0.2) is 35.5 Å². The number of fused-ring (bicyclic) bond motifs is 1. The van der Waals surface area contributed by atoms with E-state index < -0.39 is 0 Å². The lowest BCUT2D eigenvalue weighted by atomic mass is 10.0. The van der Waals surface area contributed by atoms with Gasteiger partial charge in [-0.2, -0.15) is 0 Å². The largest absolute Gasteiger partial charge is 0.353 e. The molecule has 0 aliphatic rings. The molecule has 3 heteroatoms. The van der Waals surface area contributed by atoms with Gasteiger partial charge in [-0.3, -0.25) is 4.98 Å². The highest BCUT2D eigenvalue weighted by molar-refractivity contribution is 5.90. The van der Waals surface area contributed by atoms with Gasteiger partial charge in [-0.15, -0.1) is 0 Å². The van der Waals surface area contributed by atoms with Gasteiger partial charge in [-0.25, -0.2) is 0 Å². The molecule has 2 heterocycles. The minimum Gasteiger partial charge on any atom is -0.353 e. The summed E-state index contributed by atoms with van der Waals surface area (Å²) >= 11 is 0. The smallest absolute Gasteiger partial charge is 0.0867 e. The zero-order chi connectivity index (χ0) is 14.7. The molecule has 1 N–H and O–H groups in total. The summed E-state index contributed by atoms with van der Waals surface area (Å²) in [6.45, 7) is 1.10. The monoisotopic (exact) mass is 279 g/mol. The van der Waals surface area contributed by atoms with E-state index in [4.69, 9.17) is 0 Å². The number of aromatic amines is 1.